The Hall–Kier alpha value is -3.94. The molecule has 8 nitrogen and oxygen atoms in total. The second kappa shape index (κ2) is 9.32. The zero-order valence-corrected chi connectivity index (χ0v) is 16.1. The van der Waals surface area contributed by atoms with Gasteiger partial charge in [0.25, 0.3) is 5.91 Å². The van der Waals surface area contributed by atoms with Gasteiger partial charge in [-0.1, -0.05) is 12.1 Å². The lowest BCUT2D eigenvalue weighted by Crippen LogP contribution is -2.23. The molecule has 1 aromatic heterocycles. The van der Waals surface area contributed by atoms with Crippen LogP contribution in [0.4, 0.5) is 11.4 Å². The van der Waals surface area contributed by atoms with Gasteiger partial charge in [0, 0.05) is 11.8 Å². The Labute approximate surface area is 168 Å². The van der Waals surface area contributed by atoms with Crippen molar-refractivity contribution in [3.05, 3.63) is 72.2 Å². The van der Waals surface area contributed by atoms with Crippen molar-refractivity contribution < 1.29 is 18.7 Å². The van der Waals surface area contributed by atoms with Gasteiger partial charge >= 0.3 is 0 Å². The zero-order valence-electron chi connectivity index (χ0n) is 16.1. The maximum atomic E-state index is 12.0. The molecule has 0 saturated carbocycles. The van der Waals surface area contributed by atoms with Gasteiger partial charge in [-0.2, -0.15) is 0 Å². The highest BCUT2D eigenvalue weighted by molar-refractivity contribution is 6.02. The van der Waals surface area contributed by atoms with Crippen molar-refractivity contribution in [1.82, 2.24) is 0 Å². The van der Waals surface area contributed by atoms with Crippen molar-refractivity contribution in [3.8, 4) is 11.5 Å². The first-order valence-corrected chi connectivity index (χ1v) is 8.82. The molecule has 1 amide bonds. The first-order valence-electron chi connectivity index (χ1n) is 8.82. The van der Waals surface area contributed by atoms with Crippen molar-refractivity contribution in [2.45, 2.75) is 6.54 Å². The summed E-state index contributed by atoms with van der Waals surface area (Å²) in [4.78, 5) is 16.3. The zero-order chi connectivity index (χ0) is 20.6. The molecular formula is C21H22N4O4. The summed E-state index contributed by atoms with van der Waals surface area (Å²) in [6.45, 7) is 0.373. The van der Waals surface area contributed by atoms with Crippen LogP contribution in [0.2, 0.25) is 0 Å². The van der Waals surface area contributed by atoms with Gasteiger partial charge in [0.2, 0.25) is 0 Å². The topological polar surface area (TPSA) is 111 Å². The Bertz CT molecular complexity index is 982. The van der Waals surface area contributed by atoms with Gasteiger partial charge in [0.15, 0.2) is 11.7 Å². The molecule has 2 aromatic carbocycles. The number of nitrogens with one attached hydrogen (secondary N) is 2. The first-order chi connectivity index (χ1) is 14.1. The van der Waals surface area contributed by atoms with Crippen molar-refractivity contribution in [1.29, 1.82) is 0 Å². The molecule has 8 heteroatoms. The van der Waals surface area contributed by atoms with Crippen LogP contribution in [0.25, 0.3) is 0 Å². The maximum absolute atomic E-state index is 12.0. The van der Waals surface area contributed by atoms with Crippen molar-refractivity contribution >= 4 is 23.2 Å². The number of ether oxygens (including phenoxy) is 2. The van der Waals surface area contributed by atoms with E-state index in [1.54, 1.807) is 56.7 Å². The van der Waals surface area contributed by atoms with E-state index in [0.717, 1.165) is 5.56 Å². The SMILES string of the molecule is COc1ccc(OC)c(NC(N)=NCc2ccc(NC(=O)c3ccco3)cc2)c1. The molecule has 1 heterocycles. The van der Waals surface area contributed by atoms with Gasteiger partial charge in [-0.25, -0.2) is 4.99 Å². The minimum absolute atomic E-state index is 0.242. The summed E-state index contributed by atoms with van der Waals surface area (Å²) in [6.07, 6.45) is 1.45. The van der Waals surface area contributed by atoms with E-state index in [1.165, 1.54) is 6.26 Å². The van der Waals surface area contributed by atoms with Gasteiger partial charge in [0.1, 0.15) is 11.5 Å². The molecule has 3 rings (SSSR count). The summed E-state index contributed by atoms with van der Waals surface area (Å²) < 4.78 is 15.6. The number of methoxy groups -OCH3 is 2. The number of benzene rings is 2. The molecule has 0 radical (unpaired) electrons. The van der Waals surface area contributed by atoms with E-state index in [2.05, 4.69) is 15.6 Å². The fourth-order valence-electron chi connectivity index (χ4n) is 2.56. The minimum Gasteiger partial charge on any atom is -0.497 e. The van der Waals surface area contributed by atoms with Crippen molar-refractivity contribution in [3.63, 3.8) is 0 Å². The molecule has 0 bridgehead atoms. The van der Waals surface area contributed by atoms with Crippen LogP contribution in [0.5, 0.6) is 11.5 Å². The molecule has 4 N–H and O–H groups in total. The third-order valence-electron chi connectivity index (χ3n) is 4.06. The van der Waals surface area contributed by atoms with Gasteiger partial charge in [-0.15, -0.1) is 0 Å². The number of rotatable bonds is 7. The molecular weight excluding hydrogens is 372 g/mol. The number of aliphatic imine (C=N–C) groups is 1. The fourth-order valence-corrected chi connectivity index (χ4v) is 2.56. The predicted molar refractivity (Wildman–Crippen MR) is 112 cm³/mol. The summed E-state index contributed by atoms with van der Waals surface area (Å²) in [5.74, 6) is 1.49. The van der Waals surface area contributed by atoms with Crippen LogP contribution >= 0.6 is 0 Å². The Morgan fingerprint density at radius 3 is 2.52 bits per heavy atom. The monoisotopic (exact) mass is 394 g/mol. The Balaban J connectivity index is 1.60. The average molecular weight is 394 g/mol. The number of nitrogens with zero attached hydrogens (tertiary/aromatic N) is 1. The normalized spacial score (nSPS) is 11.0. The van der Waals surface area contributed by atoms with Crippen LogP contribution in [0.15, 0.2) is 70.3 Å². The molecule has 0 spiro atoms. The highest BCUT2D eigenvalue weighted by Gasteiger charge is 2.09. The number of amides is 1. The standard InChI is InChI=1S/C21H22N4O4/c1-27-16-9-10-18(28-2)17(12-16)25-21(22)23-13-14-5-7-15(8-6-14)24-20(26)19-4-3-11-29-19/h3-12H,13H2,1-2H3,(H,24,26)(H3,22,23,25). The summed E-state index contributed by atoms with van der Waals surface area (Å²) in [6, 6.07) is 15.9. The number of anilines is 2. The molecule has 0 aliphatic heterocycles. The summed E-state index contributed by atoms with van der Waals surface area (Å²) in [7, 11) is 3.16. The van der Waals surface area contributed by atoms with E-state index in [-0.39, 0.29) is 17.6 Å². The van der Waals surface area contributed by atoms with Crippen molar-refractivity contribution in [2.75, 3.05) is 24.9 Å². The molecule has 0 aliphatic rings. The second-order valence-corrected chi connectivity index (χ2v) is 6.02. The third-order valence-corrected chi connectivity index (χ3v) is 4.06. The Morgan fingerprint density at radius 1 is 1.07 bits per heavy atom. The van der Waals surface area contributed by atoms with E-state index in [9.17, 15) is 4.79 Å². The number of carbonyl (C=O) groups excluding carboxylic acids is 1. The Morgan fingerprint density at radius 2 is 1.86 bits per heavy atom. The van der Waals surface area contributed by atoms with Crippen LogP contribution < -0.4 is 25.8 Å². The van der Waals surface area contributed by atoms with E-state index in [0.29, 0.717) is 29.4 Å². The maximum Gasteiger partial charge on any atom is 0.291 e. The number of guanidine groups is 1. The summed E-state index contributed by atoms with van der Waals surface area (Å²) in [5, 5.41) is 5.78. The molecule has 0 fully saturated rings. The lowest BCUT2D eigenvalue weighted by molar-refractivity contribution is 0.0996. The molecule has 0 saturated heterocycles. The van der Waals surface area contributed by atoms with Crippen LogP contribution in [0.1, 0.15) is 16.1 Å². The van der Waals surface area contributed by atoms with Crippen LogP contribution in [-0.4, -0.2) is 26.1 Å². The molecule has 0 aliphatic carbocycles. The Kier molecular flexibility index (Phi) is 6.36. The fraction of sp³-hybridized carbons (Fsp3) is 0.143. The molecule has 150 valence electrons. The number of furan rings is 1. The van der Waals surface area contributed by atoms with Crippen LogP contribution in [-0.2, 0) is 6.54 Å². The van der Waals surface area contributed by atoms with Gasteiger partial charge < -0.3 is 30.3 Å². The first kappa shape index (κ1) is 19.8. The highest BCUT2D eigenvalue weighted by atomic mass is 16.5. The lowest BCUT2D eigenvalue weighted by Gasteiger charge is -2.12. The average Bonchev–Trinajstić information content (AvgIpc) is 3.28. The molecule has 0 unspecified atom stereocenters. The number of nitrogens with two attached hydrogens (primary N) is 1. The quantitative estimate of drug-likeness (QED) is 0.418. The third kappa shape index (κ3) is 5.29. The molecule has 3 aromatic rings. The summed E-state index contributed by atoms with van der Waals surface area (Å²) in [5.41, 5.74) is 8.24. The molecule has 29 heavy (non-hydrogen) atoms. The number of hydrogen-bond acceptors (Lipinski definition) is 5. The van der Waals surface area contributed by atoms with Gasteiger partial charge in [-0.3, -0.25) is 4.79 Å². The minimum atomic E-state index is -0.304. The predicted octanol–water partition coefficient (Wildman–Crippen LogP) is 3.48. The van der Waals surface area contributed by atoms with Crippen molar-refractivity contribution in [2.24, 2.45) is 10.7 Å². The molecule has 0 atom stereocenters. The number of carbonyl (C=O) groups is 1. The van der Waals surface area contributed by atoms with Crippen LogP contribution in [0, 0.1) is 0 Å². The highest BCUT2D eigenvalue weighted by Crippen LogP contribution is 2.28. The smallest absolute Gasteiger partial charge is 0.291 e. The van der Waals surface area contributed by atoms with E-state index in [4.69, 9.17) is 19.6 Å². The van der Waals surface area contributed by atoms with E-state index >= 15 is 0 Å². The van der Waals surface area contributed by atoms with E-state index in [1.807, 2.05) is 12.1 Å². The van der Waals surface area contributed by atoms with Crippen LogP contribution in [0.3, 0.4) is 0 Å². The summed E-state index contributed by atoms with van der Waals surface area (Å²) >= 11 is 0. The van der Waals surface area contributed by atoms with E-state index < -0.39 is 0 Å². The lowest BCUT2D eigenvalue weighted by atomic mass is 10.2. The van der Waals surface area contributed by atoms with Gasteiger partial charge in [-0.05, 0) is 42.0 Å². The largest absolute Gasteiger partial charge is 0.497 e. The second-order valence-electron chi connectivity index (χ2n) is 6.02. The number of hydrogen-bond donors (Lipinski definition) is 3. The van der Waals surface area contributed by atoms with Gasteiger partial charge in [0.05, 0.1) is 32.7 Å².